The average Bonchev–Trinajstić information content (AvgIpc) is 1.63. The van der Waals surface area contributed by atoms with Gasteiger partial charge in [0, 0.05) is 12.5 Å². The molecule has 0 fully saturated rings. The topological polar surface area (TPSA) is 98.3 Å². The molecule has 0 amide bonds. The Morgan fingerprint density at radius 1 is 1.33 bits per heavy atom. The molecule has 0 heterocycles. The second-order valence-corrected chi connectivity index (χ2v) is 2.14. The first-order chi connectivity index (χ1) is 4.16. The summed E-state index contributed by atoms with van der Waals surface area (Å²) >= 11 is 0. The third kappa shape index (κ3) is 5.72. The minimum atomic E-state index is -0.799. The molecule has 0 bridgehead atoms. The van der Waals surface area contributed by atoms with Crippen molar-refractivity contribution in [2.75, 3.05) is 6.54 Å². The summed E-state index contributed by atoms with van der Waals surface area (Å²) in [4.78, 5) is 0. The van der Waals surface area contributed by atoms with E-state index in [9.17, 15) is 0 Å². The lowest BCUT2D eigenvalue weighted by Gasteiger charge is -2.10. The molecule has 9 heavy (non-hydrogen) atoms. The van der Waals surface area contributed by atoms with E-state index in [2.05, 4.69) is 0 Å². The van der Waals surface area contributed by atoms with Crippen LogP contribution in [-0.4, -0.2) is 23.9 Å². The molecule has 0 aliphatic heterocycles. The lowest BCUT2D eigenvalue weighted by Crippen LogP contribution is -2.32. The van der Waals surface area contributed by atoms with Crippen LogP contribution in [0.1, 0.15) is 12.8 Å². The van der Waals surface area contributed by atoms with Gasteiger partial charge in [-0.15, -0.1) is 0 Å². The normalized spacial score (nSPS) is 17.3. The minimum absolute atomic E-state index is 0.0602. The van der Waals surface area contributed by atoms with Crippen molar-refractivity contribution in [3.05, 3.63) is 0 Å². The summed E-state index contributed by atoms with van der Waals surface area (Å²) in [6.07, 6.45) is 0.345. The second-order valence-electron chi connectivity index (χ2n) is 2.14. The van der Waals surface area contributed by atoms with Crippen LogP contribution in [-0.2, 0) is 0 Å². The molecular formula is C5H15N3O. The third-order valence-electron chi connectivity index (χ3n) is 1.08. The summed E-state index contributed by atoms with van der Waals surface area (Å²) < 4.78 is 0. The van der Waals surface area contributed by atoms with Gasteiger partial charge in [0.15, 0.2) is 0 Å². The Hall–Kier alpha value is -0.160. The third-order valence-corrected chi connectivity index (χ3v) is 1.08. The van der Waals surface area contributed by atoms with Gasteiger partial charge in [-0.2, -0.15) is 0 Å². The Bertz CT molecular complexity index is 67.2. The van der Waals surface area contributed by atoms with Crippen molar-refractivity contribution in [2.24, 2.45) is 17.2 Å². The van der Waals surface area contributed by atoms with E-state index < -0.39 is 6.23 Å². The molecule has 0 radical (unpaired) electrons. The molecule has 4 heteroatoms. The summed E-state index contributed by atoms with van der Waals surface area (Å²) in [7, 11) is 0. The zero-order chi connectivity index (χ0) is 7.28. The average molecular weight is 133 g/mol. The van der Waals surface area contributed by atoms with Gasteiger partial charge in [0.2, 0.25) is 0 Å². The Labute approximate surface area is 55.0 Å². The minimum Gasteiger partial charge on any atom is -0.379 e. The summed E-state index contributed by atoms with van der Waals surface area (Å²) in [5.41, 5.74) is 15.7. The van der Waals surface area contributed by atoms with Crippen LogP contribution in [0.15, 0.2) is 0 Å². The van der Waals surface area contributed by atoms with Gasteiger partial charge < -0.3 is 22.3 Å². The van der Waals surface area contributed by atoms with Gasteiger partial charge in [0.1, 0.15) is 6.23 Å². The second kappa shape index (κ2) is 4.69. The monoisotopic (exact) mass is 133 g/mol. The summed E-state index contributed by atoms with van der Waals surface area (Å²) in [6, 6.07) is -0.0602. The molecule has 2 atom stereocenters. The fourth-order valence-electron chi connectivity index (χ4n) is 0.642. The predicted octanol–water partition coefficient (Wildman–Crippen LogP) is -1.67. The van der Waals surface area contributed by atoms with Gasteiger partial charge in [-0.1, -0.05) is 0 Å². The molecule has 0 saturated heterocycles. The Balaban J connectivity index is 3.15. The van der Waals surface area contributed by atoms with Crippen molar-refractivity contribution < 1.29 is 5.11 Å². The first-order valence-corrected chi connectivity index (χ1v) is 3.06. The highest BCUT2D eigenvalue weighted by atomic mass is 16.3. The van der Waals surface area contributed by atoms with Gasteiger partial charge in [-0.25, -0.2) is 0 Å². The van der Waals surface area contributed by atoms with Gasteiger partial charge in [-0.3, -0.25) is 0 Å². The van der Waals surface area contributed by atoms with Crippen LogP contribution in [0.25, 0.3) is 0 Å². The van der Waals surface area contributed by atoms with E-state index in [0.717, 1.165) is 0 Å². The molecule has 0 aliphatic carbocycles. The number of aliphatic hydroxyl groups excluding tert-OH is 1. The highest BCUT2D eigenvalue weighted by molar-refractivity contribution is 4.63. The van der Waals surface area contributed by atoms with Crippen molar-refractivity contribution in [1.82, 2.24) is 0 Å². The lowest BCUT2D eigenvalue weighted by atomic mass is 10.1. The highest BCUT2D eigenvalue weighted by Gasteiger charge is 2.04. The summed E-state index contributed by atoms with van der Waals surface area (Å²) in [5, 5.41) is 8.61. The van der Waals surface area contributed by atoms with E-state index in [-0.39, 0.29) is 6.04 Å². The van der Waals surface area contributed by atoms with Crippen molar-refractivity contribution >= 4 is 0 Å². The van der Waals surface area contributed by atoms with E-state index in [1.165, 1.54) is 0 Å². The smallest absolute Gasteiger partial charge is 0.103 e. The lowest BCUT2D eigenvalue weighted by molar-refractivity contribution is 0.161. The van der Waals surface area contributed by atoms with E-state index in [4.69, 9.17) is 22.3 Å². The zero-order valence-corrected chi connectivity index (χ0v) is 5.46. The van der Waals surface area contributed by atoms with E-state index in [0.29, 0.717) is 19.4 Å². The first kappa shape index (κ1) is 8.84. The van der Waals surface area contributed by atoms with Gasteiger partial charge in [-0.05, 0) is 13.0 Å². The van der Waals surface area contributed by atoms with Crippen LogP contribution >= 0.6 is 0 Å². The molecular weight excluding hydrogens is 118 g/mol. The SMILES string of the molecule is NCCC(N)CC(N)O. The zero-order valence-electron chi connectivity index (χ0n) is 5.46. The molecule has 0 aromatic heterocycles. The van der Waals surface area contributed by atoms with Crippen molar-refractivity contribution in [3.63, 3.8) is 0 Å². The fraction of sp³-hybridized carbons (Fsp3) is 1.00. The van der Waals surface area contributed by atoms with Gasteiger partial charge >= 0.3 is 0 Å². The van der Waals surface area contributed by atoms with Crippen molar-refractivity contribution in [1.29, 1.82) is 0 Å². The fourth-order valence-corrected chi connectivity index (χ4v) is 0.642. The number of rotatable bonds is 4. The van der Waals surface area contributed by atoms with Crippen LogP contribution in [0, 0.1) is 0 Å². The summed E-state index contributed by atoms with van der Waals surface area (Å²) in [6.45, 7) is 0.549. The number of nitrogens with two attached hydrogens (primary N) is 3. The maximum Gasteiger partial charge on any atom is 0.103 e. The maximum absolute atomic E-state index is 8.61. The molecule has 0 aliphatic rings. The number of hydrogen-bond donors (Lipinski definition) is 4. The molecule has 0 spiro atoms. The first-order valence-electron chi connectivity index (χ1n) is 3.06. The van der Waals surface area contributed by atoms with Crippen LogP contribution in [0.3, 0.4) is 0 Å². The van der Waals surface area contributed by atoms with E-state index in [1.807, 2.05) is 0 Å². The van der Waals surface area contributed by atoms with Gasteiger partial charge in [0.05, 0.1) is 0 Å². The van der Waals surface area contributed by atoms with E-state index >= 15 is 0 Å². The van der Waals surface area contributed by atoms with Crippen molar-refractivity contribution in [2.45, 2.75) is 25.1 Å². The molecule has 56 valence electrons. The maximum atomic E-state index is 8.61. The van der Waals surface area contributed by atoms with E-state index in [1.54, 1.807) is 0 Å². The highest BCUT2D eigenvalue weighted by Crippen LogP contribution is 1.93. The molecule has 0 aromatic carbocycles. The van der Waals surface area contributed by atoms with Crippen LogP contribution < -0.4 is 17.2 Å². The largest absolute Gasteiger partial charge is 0.379 e. The molecule has 7 N–H and O–H groups in total. The Morgan fingerprint density at radius 3 is 2.22 bits per heavy atom. The van der Waals surface area contributed by atoms with Crippen molar-refractivity contribution in [3.8, 4) is 0 Å². The quantitative estimate of drug-likeness (QED) is 0.345. The Kier molecular flexibility index (Phi) is 4.61. The standard InChI is InChI=1S/C5H15N3O/c6-2-1-4(7)3-5(8)9/h4-5,9H,1-3,6-8H2. The van der Waals surface area contributed by atoms with Gasteiger partial charge in [0.25, 0.3) is 0 Å². The molecule has 0 aromatic rings. The van der Waals surface area contributed by atoms with Crippen LogP contribution in [0.2, 0.25) is 0 Å². The molecule has 0 saturated carbocycles. The molecule has 2 unspecified atom stereocenters. The summed E-state index contributed by atoms with van der Waals surface area (Å²) in [5.74, 6) is 0. The molecule has 4 nitrogen and oxygen atoms in total. The van der Waals surface area contributed by atoms with Crippen LogP contribution in [0.4, 0.5) is 0 Å². The number of aliphatic hydroxyl groups is 1. The Morgan fingerprint density at radius 2 is 1.89 bits per heavy atom. The molecule has 0 rings (SSSR count). The predicted molar refractivity (Wildman–Crippen MR) is 36.5 cm³/mol. The van der Waals surface area contributed by atoms with Crippen LogP contribution in [0.5, 0.6) is 0 Å². The number of hydrogen-bond acceptors (Lipinski definition) is 4.